The van der Waals surface area contributed by atoms with E-state index in [-0.39, 0.29) is 5.97 Å². The van der Waals surface area contributed by atoms with Crippen molar-refractivity contribution in [1.82, 2.24) is 4.90 Å². The van der Waals surface area contributed by atoms with E-state index in [2.05, 4.69) is 0 Å². The van der Waals surface area contributed by atoms with Crippen molar-refractivity contribution in [2.45, 2.75) is 13.5 Å². The third-order valence-corrected chi connectivity index (χ3v) is 2.99. The molecule has 5 heteroatoms. The maximum absolute atomic E-state index is 11.5. The third kappa shape index (κ3) is 3.61. The number of hydrogen-bond donors (Lipinski definition) is 0. The van der Waals surface area contributed by atoms with E-state index in [0.717, 1.165) is 17.1 Å². The SMILES string of the molecule is CCOC(=O)CN1CCOc2cc(OC)ccc2C1. The van der Waals surface area contributed by atoms with Crippen molar-refractivity contribution >= 4 is 5.97 Å². The van der Waals surface area contributed by atoms with Crippen LogP contribution in [0.4, 0.5) is 0 Å². The van der Waals surface area contributed by atoms with Crippen molar-refractivity contribution in [1.29, 1.82) is 0 Å². The summed E-state index contributed by atoms with van der Waals surface area (Å²) >= 11 is 0. The van der Waals surface area contributed by atoms with Crippen LogP contribution >= 0.6 is 0 Å². The van der Waals surface area contributed by atoms with Crippen molar-refractivity contribution in [3.05, 3.63) is 23.8 Å². The summed E-state index contributed by atoms with van der Waals surface area (Å²) in [6, 6.07) is 5.75. The van der Waals surface area contributed by atoms with Gasteiger partial charge in [0.25, 0.3) is 0 Å². The summed E-state index contributed by atoms with van der Waals surface area (Å²) in [5.74, 6) is 1.41. The third-order valence-electron chi connectivity index (χ3n) is 2.99. The molecule has 1 aliphatic rings. The Morgan fingerprint density at radius 2 is 2.32 bits per heavy atom. The molecule has 1 aromatic carbocycles. The normalized spacial score (nSPS) is 15.1. The van der Waals surface area contributed by atoms with Gasteiger partial charge in [-0.3, -0.25) is 9.69 Å². The smallest absolute Gasteiger partial charge is 0.320 e. The molecule has 0 bridgehead atoms. The largest absolute Gasteiger partial charge is 0.497 e. The fourth-order valence-corrected chi connectivity index (χ4v) is 2.06. The summed E-state index contributed by atoms with van der Waals surface area (Å²) in [4.78, 5) is 13.5. The molecule has 2 rings (SSSR count). The maximum atomic E-state index is 11.5. The second-order valence-electron chi connectivity index (χ2n) is 4.34. The van der Waals surface area contributed by atoms with Gasteiger partial charge in [-0.1, -0.05) is 6.07 Å². The predicted molar refractivity (Wildman–Crippen MR) is 70.4 cm³/mol. The molecular weight excluding hydrogens is 246 g/mol. The molecule has 0 spiro atoms. The molecule has 0 saturated carbocycles. The van der Waals surface area contributed by atoms with Crippen molar-refractivity contribution < 1.29 is 19.0 Å². The van der Waals surface area contributed by atoms with Gasteiger partial charge in [-0.2, -0.15) is 0 Å². The number of hydrogen-bond acceptors (Lipinski definition) is 5. The van der Waals surface area contributed by atoms with E-state index in [9.17, 15) is 4.79 Å². The average Bonchev–Trinajstić information content (AvgIpc) is 2.59. The summed E-state index contributed by atoms with van der Waals surface area (Å²) in [7, 11) is 1.63. The van der Waals surface area contributed by atoms with E-state index in [1.807, 2.05) is 30.0 Å². The van der Waals surface area contributed by atoms with Crippen LogP contribution in [0.15, 0.2) is 18.2 Å². The summed E-state index contributed by atoms with van der Waals surface area (Å²) in [6.45, 7) is 4.46. The highest BCUT2D eigenvalue weighted by Crippen LogP contribution is 2.27. The van der Waals surface area contributed by atoms with Crippen molar-refractivity contribution in [3.8, 4) is 11.5 Å². The number of carbonyl (C=O) groups excluding carboxylic acids is 1. The number of fused-ring (bicyclic) bond motifs is 1. The fourth-order valence-electron chi connectivity index (χ4n) is 2.06. The van der Waals surface area contributed by atoms with Gasteiger partial charge in [0.15, 0.2) is 0 Å². The average molecular weight is 265 g/mol. The molecule has 0 fully saturated rings. The van der Waals surface area contributed by atoms with Crippen molar-refractivity contribution in [2.75, 3.05) is 33.4 Å². The minimum Gasteiger partial charge on any atom is -0.497 e. The molecule has 19 heavy (non-hydrogen) atoms. The number of rotatable bonds is 4. The van der Waals surface area contributed by atoms with Crippen LogP contribution in [-0.4, -0.2) is 44.3 Å². The van der Waals surface area contributed by atoms with E-state index in [1.165, 1.54) is 0 Å². The van der Waals surface area contributed by atoms with Crippen LogP contribution in [0.5, 0.6) is 11.5 Å². The molecular formula is C14H19NO4. The summed E-state index contributed by atoms with van der Waals surface area (Å²) in [6.07, 6.45) is 0. The van der Waals surface area contributed by atoms with Gasteiger partial charge in [0.1, 0.15) is 18.1 Å². The molecule has 0 radical (unpaired) electrons. The first kappa shape index (κ1) is 13.7. The van der Waals surface area contributed by atoms with Gasteiger partial charge in [0.2, 0.25) is 0 Å². The standard InChI is InChI=1S/C14H19NO4/c1-3-18-14(16)10-15-6-7-19-13-8-12(17-2)5-4-11(13)9-15/h4-5,8H,3,6-7,9-10H2,1-2H3. The highest BCUT2D eigenvalue weighted by molar-refractivity contribution is 5.71. The van der Waals surface area contributed by atoms with Crippen LogP contribution in [0.3, 0.4) is 0 Å². The van der Waals surface area contributed by atoms with E-state index < -0.39 is 0 Å². The first-order valence-electron chi connectivity index (χ1n) is 6.40. The highest BCUT2D eigenvalue weighted by Gasteiger charge is 2.18. The molecule has 1 aliphatic heterocycles. The van der Waals surface area contributed by atoms with Crippen LogP contribution in [0.1, 0.15) is 12.5 Å². The minimum absolute atomic E-state index is 0.195. The number of methoxy groups -OCH3 is 1. The lowest BCUT2D eigenvalue weighted by Crippen LogP contribution is -2.32. The van der Waals surface area contributed by atoms with Crippen LogP contribution in [-0.2, 0) is 16.1 Å². The van der Waals surface area contributed by atoms with Crippen LogP contribution in [0.2, 0.25) is 0 Å². The molecule has 0 saturated heterocycles. The Balaban J connectivity index is 2.05. The monoisotopic (exact) mass is 265 g/mol. The minimum atomic E-state index is -0.195. The van der Waals surface area contributed by atoms with E-state index >= 15 is 0 Å². The first-order valence-corrected chi connectivity index (χ1v) is 6.40. The van der Waals surface area contributed by atoms with Crippen molar-refractivity contribution in [3.63, 3.8) is 0 Å². The second kappa shape index (κ2) is 6.43. The Morgan fingerprint density at radius 3 is 3.05 bits per heavy atom. The van der Waals surface area contributed by atoms with Gasteiger partial charge in [-0.05, 0) is 13.0 Å². The Labute approximate surface area is 113 Å². The Bertz CT molecular complexity index is 447. The number of nitrogens with zero attached hydrogens (tertiary/aromatic N) is 1. The Kier molecular flexibility index (Phi) is 4.63. The molecule has 1 aromatic rings. The fraction of sp³-hybridized carbons (Fsp3) is 0.500. The number of ether oxygens (including phenoxy) is 3. The predicted octanol–water partition coefficient (Wildman–Crippen LogP) is 1.45. The zero-order valence-electron chi connectivity index (χ0n) is 11.3. The molecule has 0 amide bonds. The lowest BCUT2D eigenvalue weighted by molar-refractivity contribution is -0.144. The van der Waals surface area contributed by atoms with Crippen molar-refractivity contribution in [2.24, 2.45) is 0 Å². The van der Waals surface area contributed by atoms with Gasteiger partial charge in [0, 0.05) is 24.7 Å². The Hall–Kier alpha value is -1.75. The van der Waals surface area contributed by atoms with Gasteiger partial charge < -0.3 is 14.2 Å². The zero-order chi connectivity index (χ0) is 13.7. The Morgan fingerprint density at radius 1 is 1.47 bits per heavy atom. The number of benzene rings is 1. The molecule has 5 nitrogen and oxygen atoms in total. The van der Waals surface area contributed by atoms with Gasteiger partial charge in [0.05, 0.1) is 20.3 Å². The summed E-state index contributed by atoms with van der Waals surface area (Å²) in [5, 5.41) is 0. The molecule has 1 heterocycles. The van der Waals surface area contributed by atoms with E-state index in [0.29, 0.717) is 32.8 Å². The zero-order valence-corrected chi connectivity index (χ0v) is 11.3. The molecule has 0 aliphatic carbocycles. The molecule has 0 aromatic heterocycles. The van der Waals surface area contributed by atoms with E-state index in [4.69, 9.17) is 14.2 Å². The van der Waals surface area contributed by atoms with Gasteiger partial charge in [-0.25, -0.2) is 0 Å². The highest BCUT2D eigenvalue weighted by atomic mass is 16.5. The molecule has 104 valence electrons. The summed E-state index contributed by atoms with van der Waals surface area (Å²) in [5.41, 5.74) is 1.06. The van der Waals surface area contributed by atoms with Gasteiger partial charge >= 0.3 is 5.97 Å². The quantitative estimate of drug-likeness (QED) is 0.771. The molecule has 0 N–H and O–H groups in total. The maximum Gasteiger partial charge on any atom is 0.320 e. The van der Waals surface area contributed by atoms with Crippen LogP contribution < -0.4 is 9.47 Å². The van der Waals surface area contributed by atoms with Crippen LogP contribution in [0.25, 0.3) is 0 Å². The summed E-state index contributed by atoms with van der Waals surface area (Å²) < 4.78 is 15.8. The first-order chi connectivity index (χ1) is 9.22. The number of carbonyl (C=O) groups is 1. The lowest BCUT2D eigenvalue weighted by atomic mass is 10.2. The second-order valence-corrected chi connectivity index (χ2v) is 4.34. The topological polar surface area (TPSA) is 48.0 Å². The number of esters is 1. The van der Waals surface area contributed by atoms with Gasteiger partial charge in [-0.15, -0.1) is 0 Å². The molecule has 0 unspecified atom stereocenters. The van der Waals surface area contributed by atoms with Crippen LogP contribution in [0, 0.1) is 0 Å². The molecule has 0 atom stereocenters. The lowest BCUT2D eigenvalue weighted by Gasteiger charge is -2.17. The van der Waals surface area contributed by atoms with E-state index in [1.54, 1.807) is 7.11 Å².